The average Bonchev–Trinajstić information content (AvgIpc) is 3.94. The van der Waals surface area contributed by atoms with Crippen molar-refractivity contribution in [1.29, 1.82) is 0 Å². The van der Waals surface area contributed by atoms with Crippen molar-refractivity contribution in [3.8, 4) is 11.1 Å². The lowest BCUT2D eigenvalue weighted by molar-refractivity contribution is 0.195. The molecule has 4 heterocycles. The van der Waals surface area contributed by atoms with Gasteiger partial charge in [0.15, 0.2) is 0 Å². The van der Waals surface area contributed by atoms with Gasteiger partial charge in [0, 0.05) is 50.5 Å². The summed E-state index contributed by atoms with van der Waals surface area (Å²) in [7, 11) is 0. The molecule has 0 saturated heterocycles. The van der Waals surface area contributed by atoms with Gasteiger partial charge in [0.25, 0.3) is 6.71 Å². The molecule has 2 saturated carbocycles. The number of benzene rings is 8. The van der Waals surface area contributed by atoms with Crippen LogP contribution >= 0.6 is 0 Å². The summed E-state index contributed by atoms with van der Waals surface area (Å²) in [4.78, 5) is 8.61. The summed E-state index contributed by atoms with van der Waals surface area (Å²) in [6.45, 7) is 29.5. The fourth-order valence-corrected chi connectivity index (χ4v) is 16.5. The largest absolute Gasteiger partial charge is 0.335 e. The van der Waals surface area contributed by atoms with Gasteiger partial charge < -0.3 is 14.7 Å². The summed E-state index contributed by atoms with van der Waals surface area (Å²) in [5.41, 5.74) is 24.1. The maximum Gasteiger partial charge on any atom is 0.252 e. The van der Waals surface area contributed by atoms with E-state index < -0.39 is 0 Å². The second-order valence-electron chi connectivity index (χ2n) is 28.2. The Morgan fingerprint density at radius 1 is 0.429 bits per heavy atom. The van der Waals surface area contributed by atoms with Crippen molar-refractivity contribution in [1.82, 2.24) is 0 Å². The van der Waals surface area contributed by atoms with Gasteiger partial charge in [0.1, 0.15) is 0 Å². The van der Waals surface area contributed by atoms with E-state index >= 15 is 0 Å². The van der Waals surface area contributed by atoms with Crippen molar-refractivity contribution in [3.63, 3.8) is 0 Å². The molecular weight excluding hydrogens is 930 g/mol. The highest BCUT2D eigenvalue weighted by molar-refractivity contribution is 7.00. The molecular formula is C73H78BN3. The van der Waals surface area contributed by atoms with Crippen LogP contribution in [0.4, 0.5) is 39.8 Å². The van der Waals surface area contributed by atoms with Gasteiger partial charge in [-0.3, -0.25) is 0 Å². The Morgan fingerprint density at radius 2 is 1.04 bits per heavy atom. The lowest BCUT2D eigenvalue weighted by atomic mass is 9.33. The zero-order valence-electron chi connectivity index (χ0n) is 48.1. The summed E-state index contributed by atoms with van der Waals surface area (Å²) in [5.74, 6) is 0. The van der Waals surface area contributed by atoms with Crippen LogP contribution < -0.4 is 31.1 Å². The molecule has 8 aromatic carbocycles. The molecule has 4 heteroatoms. The van der Waals surface area contributed by atoms with Crippen molar-refractivity contribution in [2.75, 3.05) is 14.7 Å². The molecule has 2 fully saturated rings. The third-order valence-corrected chi connectivity index (χ3v) is 20.9. The molecule has 14 rings (SSSR count). The topological polar surface area (TPSA) is 9.72 Å². The van der Waals surface area contributed by atoms with Crippen LogP contribution in [-0.4, -0.2) is 17.8 Å². The quantitative estimate of drug-likeness (QED) is 0.163. The third kappa shape index (κ3) is 6.63. The predicted molar refractivity (Wildman–Crippen MR) is 330 cm³/mol. The molecule has 0 aromatic heterocycles. The fraction of sp³-hybridized carbons (Fsp3) is 0.370. The Labute approximate surface area is 460 Å². The minimum Gasteiger partial charge on any atom is -0.335 e. The molecule has 0 N–H and O–H groups in total. The number of fused-ring (bicyclic) bond motifs is 11. The van der Waals surface area contributed by atoms with Crippen molar-refractivity contribution in [2.45, 2.75) is 173 Å². The van der Waals surface area contributed by atoms with E-state index in [0.29, 0.717) is 0 Å². The molecule has 3 nitrogen and oxygen atoms in total. The van der Waals surface area contributed by atoms with Gasteiger partial charge >= 0.3 is 0 Å². The minimum absolute atomic E-state index is 0.00541. The lowest BCUT2D eigenvalue weighted by Crippen LogP contribution is -2.65. The fourth-order valence-electron chi connectivity index (χ4n) is 16.5. The lowest BCUT2D eigenvalue weighted by Gasteiger charge is -2.54. The van der Waals surface area contributed by atoms with E-state index in [4.69, 9.17) is 0 Å². The first-order valence-electron chi connectivity index (χ1n) is 29.4. The van der Waals surface area contributed by atoms with Crippen LogP contribution in [0.2, 0.25) is 0 Å². The Balaban J connectivity index is 1.15. The Bertz CT molecular complexity index is 3750. The highest BCUT2D eigenvalue weighted by Crippen LogP contribution is 2.67. The SMILES string of the molecule is CC(C)(C)c1ccc2c(c1)B1c3cc(C(C)(C)C)cc4c3N(c3cc(N5c6ccccc6C6(C)CCCCC56C)cc(c31)N2c1ccc(C(C)(C)C)cc1-c1ccc2ccccc2c1)C1(C)CCCCC41c1ccccc1. The number of nitrogens with zero attached hydrogens (tertiary/aromatic N) is 3. The maximum atomic E-state index is 2.99. The van der Waals surface area contributed by atoms with Crippen LogP contribution in [-0.2, 0) is 27.1 Å². The van der Waals surface area contributed by atoms with Crippen molar-refractivity contribution in [3.05, 3.63) is 191 Å². The van der Waals surface area contributed by atoms with Gasteiger partial charge in [-0.1, -0.05) is 210 Å². The van der Waals surface area contributed by atoms with E-state index in [2.05, 4.69) is 256 Å². The smallest absolute Gasteiger partial charge is 0.252 e. The summed E-state index contributed by atoms with van der Waals surface area (Å²) < 4.78 is 0. The molecule has 4 unspecified atom stereocenters. The molecule has 4 aliphatic heterocycles. The van der Waals surface area contributed by atoms with E-state index in [9.17, 15) is 0 Å². The summed E-state index contributed by atoms with van der Waals surface area (Å²) >= 11 is 0. The molecule has 388 valence electrons. The number of hydrogen-bond acceptors (Lipinski definition) is 3. The predicted octanol–water partition coefficient (Wildman–Crippen LogP) is 17.5. The molecule has 4 atom stereocenters. The second-order valence-corrected chi connectivity index (χ2v) is 28.2. The highest BCUT2D eigenvalue weighted by atomic mass is 15.3. The Morgan fingerprint density at radius 3 is 1.78 bits per heavy atom. The minimum atomic E-state index is -0.243. The Kier molecular flexibility index (Phi) is 10.3. The monoisotopic (exact) mass is 1010 g/mol. The molecule has 0 spiro atoms. The van der Waals surface area contributed by atoms with Gasteiger partial charge in [-0.15, -0.1) is 0 Å². The first-order valence-corrected chi connectivity index (χ1v) is 29.4. The van der Waals surface area contributed by atoms with Crippen LogP contribution in [0.25, 0.3) is 21.9 Å². The molecule has 2 aliphatic carbocycles. The van der Waals surface area contributed by atoms with E-state index in [0.717, 1.165) is 19.3 Å². The number of anilines is 7. The third-order valence-electron chi connectivity index (χ3n) is 20.9. The highest BCUT2D eigenvalue weighted by Gasteiger charge is 2.65. The van der Waals surface area contributed by atoms with E-state index in [1.54, 1.807) is 0 Å². The normalized spacial score (nSPS) is 24.1. The average molecular weight is 1010 g/mol. The second kappa shape index (κ2) is 16.3. The van der Waals surface area contributed by atoms with Gasteiger partial charge in [-0.2, -0.15) is 0 Å². The van der Waals surface area contributed by atoms with Crippen LogP contribution in [0.1, 0.15) is 168 Å². The van der Waals surface area contributed by atoms with Gasteiger partial charge in [0.05, 0.1) is 16.8 Å². The zero-order chi connectivity index (χ0) is 53.4. The van der Waals surface area contributed by atoms with Gasteiger partial charge in [0.2, 0.25) is 0 Å². The van der Waals surface area contributed by atoms with Gasteiger partial charge in [-0.05, 0) is 164 Å². The Hall–Kier alpha value is -6.52. The molecule has 0 bridgehead atoms. The van der Waals surface area contributed by atoms with Crippen LogP contribution in [0.5, 0.6) is 0 Å². The molecule has 77 heavy (non-hydrogen) atoms. The van der Waals surface area contributed by atoms with Crippen molar-refractivity contribution in [2.24, 2.45) is 0 Å². The maximum absolute atomic E-state index is 2.99. The zero-order valence-corrected chi connectivity index (χ0v) is 48.1. The molecule has 0 radical (unpaired) electrons. The van der Waals surface area contributed by atoms with Crippen molar-refractivity contribution < 1.29 is 0 Å². The first kappa shape index (κ1) is 48.8. The van der Waals surface area contributed by atoms with Crippen molar-refractivity contribution >= 4 is 73.7 Å². The van der Waals surface area contributed by atoms with Gasteiger partial charge in [-0.25, -0.2) is 0 Å². The number of rotatable bonds is 4. The van der Waals surface area contributed by atoms with E-state index in [1.165, 1.54) is 144 Å². The molecule has 8 aromatic rings. The first-order chi connectivity index (χ1) is 36.7. The van der Waals surface area contributed by atoms with Crippen LogP contribution in [0, 0.1) is 0 Å². The van der Waals surface area contributed by atoms with E-state index in [1.807, 2.05) is 0 Å². The summed E-state index contributed by atoms with van der Waals surface area (Å²) in [5, 5.41) is 2.53. The summed E-state index contributed by atoms with van der Waals surface area (Å²) in [6.07, 6.45) is 9.49. The summed E-state index contributed by atoms with van der Waals surface area (Å²) in [6, 6.07) is 63.2. The standard InChI is InChI=1S/C73H78BN3/c1-67(2,3)51-32-34-60(55(41-51)49-31-30-47-24-16-17-25-48(47)40-49)75-62-35-33-52(68(4,5)6)43-58(62)74-59-44-53(69(7,8)9)42-57-66(59)77(72(12)38-22-23-39-73(57,72)50-26-14-13-15-27-50)64-46-54(45-63(75)65(64)74)76-61-29-19-18-28-56(61)70(10)36-20-21-37-71(70,76)11/h13-19,24-35,40-46H,20-23,36-39H2,1-12H3. The number of hydrogen-bond donors (Lipinski definition) is 0. The number of para-hydroxylation sites is 1. The molecule has 6 aliphatic rings. The van der Waals surface area contributed by atoms with Crippen LogP contribution in [0.3, 0.4) is 0 Å². The van der Waals surface area contributed by atoms with Crippen LogP contribution in [0.15, 0.2) is 158 Å². The van der Waals surface area contributed by atoms with E-state index in [-0.39, 0.29) is 44.9 Å². The molecule has 0 amide bonds.